The summed E-state index contributed by atoms with van der Waals surface area (Å²) in [6.45, 7) is 4.90. The molecule has 0 spiro atoms. The molecule has 1 aliphatic rings. The van der Waals surface area contributed by atoms with E-state index in [4.69, 9.17) is 4.42 Å². The smallest absolute Gasteiger partial charge is 0.408 e. The van der Waals surface area contributed by atoms with Gasteiger partial charge in [-0.2, -0.15) is 0 Å². The van der Waals surface area contributed by atoms with Gasteiger partial charge in [-0.05, 0) is 41.7 Å². The third-order valence-corrected chi connectivity index (χ3v) is 5.44. The zero-order chi connectivity index (χ0) is 19.8. The molecule has 1 atom stereocenters. The summed E-state index contributed by atoms with van der Waals surface area (Å²) in [5.41, 5.74) is 2.63. The van der Waals surface area contributed by atoms with Gasteiger partial charge in [-0.1, -0.05) is 38.1 Å². The lowest BCUT2D eigenvalue weighted by molar-refractivity contribution is -0.129. The summed E-state index contributed by atoms with van der Waals surface area (Å²) in [4.78, 5) is 26.7. The summed E-state index contributed by atoms with van der Waals surface area (Å²) in [6.07, 6.45) is 0.846. The number of halogens is 1. The number of para-hydroxylation sites is 2. The predicted molar refractivity (Wildman–Crippen MR) is 105 cm³/mol. The van der Waals surface area contributed by atoms with Crippen molar-refractivity contribution in [2.24, 2.45) is 0 Å². The van der Waals surface area contributed by atoms with Crippen molar-refractivity contribution in [2.75, 3.05) is 13.1 Å². The summed E-state index contributed by atoms with van der Waals surface area (Å²) in [5, 5.41) is 0. The van der Waals surface area contributed by atoms with Crippen LogP contribution in [0.25, 0.3) is 11.1 Å². The molecule has 1 aliphatic heterocycles. The lowest BCUT2D eigenvalue weighted by Gasteiger charge is -2.17. The van der Waals surface area contributed by atoms with Gasteiger partial charge in [0.2, 0.25) is 5.91 Å². The fraction of sp³-hybridized carbons (Fsp3) is 0.364. The van der Waals surface area contributed by atoms with E-state index < -0.39 is 5.76 Å². The van der Waals surface area contributed by atoms with Crippen molar-refractivity contribution in [1.29, 1.82) is 0 Å². The minimum absolute atomic E-state index is 0.0555. The van der Waals surface area contributed by atoms with Gasteiger partial charge in [0.25, 0.3) is 0 Å². The highest BCUT2D eigenvalue weighted by atomic mass is 19.1. The Kier molecular flexibility index (Phi) is 4.79. The molecule has 0 radical (unpaired) electrons. The number of nitrogens with zero attached hydrogens (tertiary/aromatic N) is 2. The van der Waals surface area contributed by atoms with E-state index in [0.29, 0.717) is 36.2 Å². The topological polar surface area (TPSA) is 55.5 Å². The lowest BCUT2D eigenvalue weighted by atomic mass is 10.00. The monoisotopic (exact) mass is 382 g/mol. The van der Waals surface area contributed by atoms with E-state index >= 15 is 0 Å². The molecule has 28 heavy (non-hydrogen) atoms. The SMILES string of the molecule is CC(C)c1ccc(CC(=O)N2CCC(n3c(=O)oc4ccccc43)C2)cc1F. The minimum Gasteiger partial charge on any atom is -0.408 e. The Labute approximate surface area is 162 Å². The molecule has 1 saturated heterocycles. The second-order valence-electron chi connectivity index (χ2n) is 7.68. The molecular weight excluding hydrogens is 359 g/mol. The lowest BCUT2D eigenvalue weighted by Crippen LogP contribution is -2.31. The fourth-order valence-electron chi connectivity index (χ4n) is 3.94. The van der Waals surface area contributed by atoms with Crippen LogP contribution in [0, 0.1) is 5.82 Å². The number of rotatable bonds is 4. The fourth-order valence-corrected chi connectivity index (χ4v) is 3.94. The molecule has 1 amide bonds. The summed E-state index contributed by atoms with van der Waals surface area (Å²) in [6, 6.07) is 12.2. The molecule has 1 unspecified atom stereocenters. The Hall–Kier alpha value is -2.89. The molecule has 1 fully saturated rings. The Morgan fingerprint density at radius 1 is 1.25 bits per heavy atom. The van der Waals surface area contributed by atoms with E-state index in [1.807, 2.05) is 38.1 Å². The maximum atomic E-state index is 14.2. The van der Waals surface area contributed by atoms with Gasteiger partial charge in [-0.15, -0.1) is 0 Å². The van der Waals surface area contributed by atoms with Crippen molar-refractivity contribution in [3.8, 4) is 0 Å². The number of aromatic nitrogens is 1. The highest BCUT2D eigenvalue weighted by Crippen LogP contribution is 2.26. The Balaban J connectivity index is 1.48. The van der Waals surface area contributed by atoms with Gasteiger partial charge in [0.05, 0.1) is 18.0 Å². The molecule has 0 N–H and O–H groups in total. The Morgan fingerprint density at radius 2 is 2.04 bits per heavy atom. The largest absolute Gasteiger partial charge is 0.420 e. The molecule has 2 aromatic carbocycles. The molecule has 5 nitrogen and oxygen atoms in total. The van der Waals surface area contributed by atoms with Gasteiger partial charge in [0.15, 0.2) is 5.58 Å². The number of amides is 1. The molecule has 0 bridgehead atoms. The number of likely N-dealkylation sites (tertiary alicyclic amines) is 1. The maximum absolute atomic E-state index is 14.2. The van der Waals surface area contributed by atoms with E-state index in [0.717, 1.165) is 5.52 Å². The van der Waals surface area contributed by atoms with Gasteiger partial charge in [0.1, 0.15) is 5.82 Å². The van der Waals surface area contributed by atoms with Gasteiger partial charge in [-0.25, -0.2) is 9.18 Å². The average Bonchev–Trinajstić information content (AvgIpc) is 3.24. The minimum atomic E-state index is -0.396. The second kappa shape index (κ2) is 7.26. The van der Waals surface area contributed by atoms with Crippen LogP contribution in [0.3, 0.4) is 0 Å². The molecule has 2 heterocycles. The molecular formula is C22H23FN2O3. The first-order valence-corrected chi connectivity index (χ1v) is 9.60. The van der Waals surface area contributed by atoms with E-state index in [9.17, 15) is 14.0 Å². The van der Waals surface area contributed by atoms with Gasteiger partial charge >= 0.3 is 5.76 Å². The van der Waals surface area contributed by atoms with Crippen LogP contribution in [0.5, 0.6) is 0 Å². The molecule has 0 aliphatic carbocycles. The number of hydrogen-bond acceptors (Lipinski definition) is 3. The van der Waals surface area contributed by atoms with Crippen molar-refractivity contribution in [3.63, 3.8) is 0 Å². The summed E-state index contributed by atoms with van der Waals surface area (Å²) >= 11 is 0. The molecule has 3 aromatic rings. The predicted octanol–water partition coefficient (Wildman–Crippen LogP) is 3.87. The summed E-state index contributed by atoms with van der Waals surface area (Å²) in [5.74, 6) is -0.616. The van der Waals surface area contributed by atoms with E-state index in [-0.39, 0.29) is 30.1 Å². The van der Waals surface area contributed by atoms with Crippen LogP contribution >= 0.6 is 0 Å². The van der Waals surface area contributed by atoms with Crippen LogP contribution in [0.15, 0.2) is 51.7 Å². The third kappa shape index (κ3) is 3.35. The van der Waals surface area contributed by atoms with E-state index in [1.165, 1.54) is 6.07 Å². The number of oxazole rings is 1. The number of fused-ring (bicyclic) bond motifs is 1. The van der Waals surface area contributed by atoms with Crippen LogP contribution < -0.4 is 5.76 Å². The van der Waals surface area contributed by atoms with Gasteiger partial charge < -0.3 is 9.32 Å². The number of carbonyl (C=O) groups excluding carboxylic acids is 1. The second-order valence-corrected chi connectivity index (χ2v) is 7.68. The van der Waals surface area contributed by atoms with E-state index in [1.54, 1.807) is 21.6 Å². The molecule has 0 saturated carbocycles. The highest BCUT2D eigenvalue weighted by Gasteiger charge is 2.30. The first kappa shape index (κ1) is 18.5. The van der Waals surface area contributed by atoms with E-state index in [2.05, 4.69) is 0 Å². The summed E-state index contributed by atoms with van der Waals surface area (Å²) in [7, 11) is 0. The molecule has 146 valence electrons. The van der Waals surface area contributed by atoms with Crippen molar-refractivity contribution >= 4 is 17.0 Å². The number of benzene rings is 2. The molecule has 4 rings (SSSR count). The van der Waals surface area contributed by atoms with Crippen LogP contribution in [0.1, 0.15) is 43.4 Å². The normalized spacial score (nSPS) is 17.0. The Morgan fingerprint density at radius 3 is 2.79 bits per heavy atom. The number of hydrogen-bond donors (Lipinski definition) is 0. The standard InChI is InChI=1S/C22H23FN2O3/c1-14(2)17-8-7-15(11-18(17)23)12-21(26)24-10-9-16(13-24)25-19-5-3-4-6-20(19)28-22(25)27/h3-8,11,14,16H,9-10,12-13H2,1-2H3. The maximum Gasteiger partial charge on any atom is 0.420 e. The average molecular weight is 382 g/mol. The van der Waals surface area contributed by atoms with Crippen LogP contribution in [-0.4, -0.2) is 28.5 Å². The molecule has 1 aromatic heterocycles. The quantitative estimate of drug-likeness (QED) is 0.688. The highest BCUT2D eigenvalue weighted by molar-refractivity contribution is 5.79. The van der Waals surface area contributed by atoms with Crippen molar-refractivity contribution in [3.05, 3.63) is 70.0 Å². The van der Waals surface area contributed by atoms with Crippen LogP contribution in [0.4, 0.5) is 4.39 Å². The molecule has 6 heteroatoms. The summed E-state index contributed by atoms with van der Waals surface area (Å²) < 4.78 is 21.1. The first-order valence-electron chi connectivity index (χ1n) is 9.60. The van der Waals surface area contributed by atoms with Gasteiger partial charge in [-0.3, -0.25) is 9.36 Å². The Bertz CT molecular complexity index is 1080. The third-order valence-electron chi connectivity index (χ3n) is 5.44. The van der Waals surface area contributed by atoms with Crippen LogP contribution in [-0.2, 0) is 11.2 Å². The van der Waals surface area contributed by atoms with Crippen molar-refractivity contribution < 1.29 is 13.6 Å². The van der Waals surface area contributed by atoms with Gasteiger partial charge in [0, 0.05) is 13.1 Å². The van der Waals surface area contributed by atoms with Crippen molar-refractivity contribution in [2.45, 2.75) is 38.6 Å². The zero-order valence-electron chi connectivity index (χ0n) is 16.0. The first-order chi connectivity index (χ1) is 13.4. The van der Waals surface area contributed by atoms with Crippen molar-refractivity contribution in [1.82, 2.24) is 9.47 Å². The zero-order valence-corrected chi connectivity index (χ0v) is 16.0. The number of carbonyl (C=O) groups is 1. The van der Waals surface area contributed by atoms with Crippen LogP contribution in [0.2, 0.25) is 0 Å².